The molecule has 0 bridgehead atoms. The number of aliphatic hydroxyl groups excluding tert-OH is 2. The molecule has 2 atom stereocenters. The lowest BCUT2D eigenvalue weighted by Gasteiger charge is -2.17. The van der Waals surface area contributed by atoms with Crippen LogP contribution in [0.1, 0.15) is 0 Å². The number of hydrogen-bond acceptors (Lipinski definition) is 5. The molecule has 2 unspecified atom stereocenters. The first-order valence-corrected chi connectivity index (χ1v) is 7.38. The number of nitrogens with zero attached hydrogens (tertiary/aromatic N) is 1. The van der Waals surface area contributed by atoms with E-state index in [0.29, 0.717) is 5.02 Å². The molecule has 1 heterocycles. The summed E-state index contributed by atoms with van der Waals surface area (Å²) in [6.07, 6.45) is -2.15. The number of hydrogen-bond donors (Lipinski definition) is 2. The lowest BCUT2D eigenvalue weighted by Crippen LogP contribution is -2.30. The third-order valence-electron chi connectivity index (χ3n) is 2.97. The minimum Gasteiger partial charge on any atom is -0.495 e. The molecule has 0 spiro atoms. The maximum atomic E-state index is 12.4. The third-order valence-corrected chi connectivity index (χ3v) is 5.08. The molecule has 1 aromatic carbocycles. The van der Waals surface area contributed by atoms with E-state index >= 15 is 0 Å². The van der Waals surface area contributed by atoms with Crippen molar-refractivity contribution >= 4 is 21.6 Å². The van der Waals surface area contributed by atoms with Gasteiger partial charge in [-0.2, -0.15) is 4.31 Å². The number of β-amino-alcohol motifs (C(OH)–C–C–N with tert-alkyl or cyclic N) is 2. The first kappa shape index (κ1) is 14.5. The van der Waals surface area contributed by atoms with Crippen LogP contribution in [0.15, 0.2) is 23.1 Å². The normalized spacial score (nSPS) is 24.6. The molecule has 19 heavy (non-hydrogen) atoms. The maximum Gasteiger partial charge on any atom is 0.246 e. The van der Waals surface area contributed by atoms with Crippen LogP contribution in [0.2, 0.25) is 5.02 Å². The van der Waals surface area contributed by atoms with Crippen LogP contribution < -0.4 is 4.74 Å². The average molecular weight is 308 g/mol. The molecule has 6 nitrogen and oxygen atoms in total. The summed E-state index contributed by atoms with van der Waals surface area (Å²) in [5.74, 6) is 0.128. The van der Waals surface area contributed by atoms with Crippen molar-refractivity contribution < 1.29 is 23.4 Å². The summed E-state index contributed by atoms with van der Waals surface area (Å²) in [6, 6.07) is 4.19. The molecule has 0 radical (unpaired) electrons. The van der Waals surface area contributed by atoms with Crippen LogP contribution in [0, 0.1) is 0 Å². The van der Waals surface area contributed by atoms with Crippen molar-refractivity contribution in [2.45, 2.75) is 17.1 Å². The predicted molar refractivity (Wildman–Crippen MR) is 68.8 cm³/mol. The second-order valence-electron chi connectivity index (χ2n) is 4.25. The van der Waals surface area contributed by atoms with Crippen LogP contribution in [0.4, 0.5) is 0 Å². The Balaban J connectivity index is 2.40. The quantitative estimate of drug-likeness (QED) is 0.825. The molecule has 1 aliphatic rings. The average Bonchev–Trinajstić information content (AvgIpc) is 2.70. The number of halogens is 1. The topological polar surface area (TPSA) is 87.1 Å². The molecule has 0 aliphatic carbocycles. The number of rotatable bonds is 3. The van der Waals surface area contributed by atoms with Crippen molar-refractivity contribution in [1.29, 1.82) is 0 Å². The van der Waals surface area contributed by atoms with Gasteiger partial charge in [0.2, 0.25) is 10.0 Å². The van der Waals surface area contributed by atoms with Crippen molar-refractivity contribution in [1.82, 2.24) is 4.31 Å². The maximum absolute atomic E-state index is 12.4. The molecular formula is C11H14ClNO5S. The molecule has 1 fully saturated rings. The summed E-state index contributed by atoms with van der Waals surface area (Å²) in [5, 5.41) is 19.2. The summed E-state index contributed by atoms with van der Waals surface area (Å²) in [5.41, 5.74) is 0. The van der Waals surface area contributed by atoms with Crippen LogP contribution in [-0.4, -0.2) is 55.3 Å². The Hall–Kier alpha value is -0.860. The molecular weight excluding hydrogens is 294 g/mol. The Labute approximate surface area is 116 Å². The SMILES string of the molecule is COc1cc(Cl)ccc1S(=O)(=O)N1CC(O)C(O)C1. The molecule has 8 heteroatoms. The van der Waals surface area contributed by atoms with E-state index in [0.717, 1.165) is 4.31 Å². The van der Waals surface area contributed by atoms with Gasteiger partial charge in [-0.3, -0.25) is 0 Å². The minimum atomic E-state index is -3.83. The van der Waals surface area contributed by atoms with Gasteiger partial charge in [0.15, 0.2) is 0 Å². The second kappa shape index (κ2) is 5.26. The zero-order valence-corrected chi connectivity index (χ0v) is 11.7. The summed E-state index contributed by atoms with van der Waals surface area (Å²) in [4.78, 5) is -0.0410. The van der Waals surface area contributed by atoms with Gasteiger partial charge in [-0.1, -0.05) is 11.6 Å². The highest BCUT2D eigenvalue weighted by molar-refractivity contribution is 7.89. The molecule has 1 aromatic rings. The molecule has 0 aromatic heterocycles. The third kappa shape index (κ3) is 2.70. The fourth-order valence-corrected chi connectivity index (χ4v) is 3.70. The van der Waals surface area contributed by atoms with Gasteiger partial charge >= 0.3 is 0 Å². The van der Waals surface area contributed by atoms with E-state index in [-0.39, 0.29) is 23.7 Å². The van der Waals surface area contributed by atoms with Crippen molar-refractivity contribution in [3.63, 3.8) is 0 Å². The number of aliphatic hydroxyl groups is 2. The van der Waals surface area contributed by atoms with Crippen LogP contribution in [0.5, 0.6) is 5.75 Å². The highest BCUT2D eigenvalue weighted by Gasteiger charge is 2.38. The summed E-state index contributed by atoms with van der Waals surface area (Å²) < 4.78 is 30.8. The monoisotopic (exact) mass is 307 g/mol. The van der Waals surface area contributed by atoms with Crippen LogP contribution in [0.3, 0.4) is 0 Å². The molecule has 1 saturated heterocycles. The highest BCUT2D eigenvalue weighted by Crippen LogP contribution is 2.31. The smallest absolute Gasteiger partial charge is 0.246 e. The van der Waals surface area contributed by atoms with Gasteiger partial charge in [0.1, 0.15) is 10.6 Å². The van der Waals surface area contributed by atoms with Crippen LogP contribution in [-0.2, 0) is 10.0 Å². The summed E-state index contributed by atoms with van der Waals surface area (Å²) >= 11 is 5.78. The van der Waals surface area contributed by atoms with Gasteiger partial charge in [0, 0.05) is 24.2 Å². The molecule has 1 aliphatic heterocycles. The van der Waals surface area contributed by atoms with E-state index in [4.69, 9.17) is 16.3 Å². The van der Waals surface area contributed by atoms with Crippen molar-refractivity contribution in [3.8, 4) is 5.75 Å². The molecule has 0 amide bonds. The zero-order chi connectivity index (χ0) is 14.2. The van der Waals surface area contributed by atoms with Gasteiger partial charge in [0.05, 0.1) is 19.3 Å². The van der Waals surface area contributed by atoms with Gasteiger partial charge in [-0.25, -0.2) is 8.42 Å². The van der Waals surface area contributed by atoms with Crippen molar-refractivity contribution in [2.24, 2.45) is 0 Å². The van der Waals surface area contributed by atoms with Crippen LogP contribution in [0.25, 0.3) is 0 Å². The number of sulfonamides is 1. The van der Waals surface area contributed by atoms with Gasteiger partial charge in [0.25, 0.3) is 0 Å². The number of methoxy groups -OCH3 is 1. The highest BCUT2D eigenvalue weighted by atomic mass is 35.5. The van der Waals surface area contributed by atoms with E-state index in [9.17, 15) is 18.6 Å². The second-order valence-corrected chi connectivity index (χ2v) is 6.59. The van der Waals surface area contributed by atoms with Crippen LogP contribution >= 0.6 is 11.6 Å². The molecule has 2 N–H and O–H groups in total. The van der Waals surface area contributed by atoms with E-state index in [2.05, 4.69) is 0 Å². The largest absolute Gasteiger partial charge is 0.495 e. The molecule has 2 rings (SSSR count). The lowest BCUT2D eigenvalue weighted by molar-refractivity contribution is 0.0572. The predicted octanol–water partition coefficient (Wildman–Crippen LogP) is 0.0747. The van der Waals surface area contributed by atoms with Gasteiger partial charge < -0.3 is 14.9 Å². The Morgan fingerprint density at radius 3 is 2.42 bits per heavy atom. The van der Waals surface area contributed by atoms with Crippen molar-refractivity contribution in [2.75, 3.05) is 20.2 Å². The van der Waals surface area contributed by atoms with E-state index in [1.807, 2.05) is 0 Å². The Bertz CT molecular complexity index is 566. The van der Waals surface area contributed by atoms with Gasteiger partial charge in [-0.05, 0) is 12.1 Å². The summed E-state index contributed by atoms with van der Waals surface area (Å²) in [6.45, 7) is -0.287. The van der Waals surface area contributed by atoms with Gasteiger partial charge in [-0.15, -0.1) is 0 Å². The van der Waals surface area contributed by atoms with E-state index in [1.165, 1.54) is 25.3 Å². The Morgan fingerprint density at radius 2 is 1.89 bits per heavy atom. The van der Waals surface area contributed by atoms with Crippen molar-refractivity contribution in [3.05, 3.63) is 23.2 Å². The summed E-state index contributed by atoms with van der Waals surface area (Å²) in [7, 11) is -2.49. The Morgan fingerprint density at radius 1 is 1.32 bits per heavy atom. The number of ether oxygens (including phenoxy) is 1. The lowest BCUT2D eigenvalue weighted by atomic mass is 10.3. The first-order chi connectivity index (χ1) is 8.86. The molecule has 106 valence electrons. The first-order valence-electron chi connectivity index (χ1n) is 5.56. The Kier molecular flexibility index (Phi) is 4.03. The fraction of sp³-hybridized carbons (Fsp3) is 0.455. The number of benzene rings is 1. The fourth-order valence-electron chi connectivity index (χ4n) is 1.93. The molecule has 0 saturated carbocycles. The zero-order valence-electron chi connectivity index (χ0n) is 10.2. The standard InChI is InChI=1S/C11H14ClNO5S/c1-18-10-4-7(12)2-3-11(10)19(16,17)13-5-8(14)9(15)6-13/h2-4,8-9,14-15H,5-6H2,1H3. The van der Waals surface area contributed by atoms with E-state index in [1.54, 1.807) is 0 Å². The minimum absolute atomic E-state index is 0.0410. The van der Waals surface area contributed by atoms with E-state index < -0.39 is 22.2 Å².